The summed E-state index contributed by atoms with van der Waals surface area (Å²) in [6.45, 7) is 4.89. The fraction of sp³-hybridized carbons (Fsp3) is 0.400. The summed E-state index contributed by atoms with van der Waals surface area (Å²) in [6, 6.07) is 18.4. The molecule has 2 aliphatic rings. The van der Waals surface area contributed by atoms with E-state index >= 15 is 0 Å². The minimum Gasteiger partial charge on any atom is -0.372 e. The summed E-state index contributed by atoms with van der Waals surface area (Å²) in [5.41, 5.74) is 2.78. The van der Waals surface area contributed by atoms with E-state index in [9.17, 15) is 0 Å². The first-order valence-electron chi connectivity index (χ1n) is 8.85. The summed E-state index contributed by atoms with van der Waals surface area (Å²) < 4.78 is 0. The summed E-state index contributed by atoms with van der Waals surface area (Å²) in [7, 11) is 0.753. The van der Waals surface area contributed by atoms with Crippen LogP contribution in [0.2, 0.25) is 0 Å². The van der Waals surface area contributed by atoms with Crippen LogP contribution in [-0.2, 0) is 0 Å². The fourth-order valence-corrected chi connectivity index (χ4v) is 4.63. The zero-order chi connectivity index (χ0) is 15.5. The molecule has 0 saturated carbocycles. The number of anilines is 2. The van der Waals surface area contributed by atoms with Crippen molar-refractivity contribution in [3.63, 3.8) is 0 Å². The highest BCUT2D eigenvalue weighted by atomic mass is 31.1. The molecule has 0 radical (unpaired) electrons. The molecule has 0 N–H and O–H groups in total. The average Bonchev–Trinajstić information content (AvgIpc) is 3.30. The molecule has 24 heavy (non-hydrogen) atoms. The van der Waals surface area contributed by atoms with Crippen LogP contribution < -0.4 is 20.4 Å². The Balaban J connectivity index is 0.00000169. The topological polar surface area (TPSA) is 6.48 Å². The van der Waals surface area contributed by atoms with Gasteiger partial charge in [0.05, 0.1) is 8.41 Å². The Hall–Kier alpha value is -1.47. The van der Waals surface area contributed by atoms with E-state index in [1.165, 1.54) is 73.8 Å². The summed E-state index contributed by atoms with van der Waals surface area (Å²) in [6.07, 6.45) is 5.36. The molecule has 0 aromatic heterocycles. The lowest BCUT2D eigenvalue weighted by Crippen LogP contribution is -2.18. The largest absolute Gasteiger partial charge is 0.372 e. The van der Waals surface area contributed by atoms with Gasteiger partial charge >= 0.3 is 0 Å². The van der Waals surface area contributed by atoms with E-state index in [1.807, 2.05) is 0 Å². The number of hydrogen-bond acceptors (Lipinski definition) is 2. The van der Waals surface area contributed by atoms with Crippen molar-refractivity contribution in [2.24, 2.45) is 0 Å². The lowest BCUT2D eigenvalue weighted by Gasteiger charge is -2.18. The average molecular weight is 338 g/mol. The summed E-state index contributed by atoms with van der Waals surface area (Å²) in [4.78, 5) is 5.00. The van der Waals surface area contributed by atoms with Gasteiger partial charge in [-0.2, -0.15) is 0 Å². The van der Waals surface area contributed by atoms with E-state index in [2.05, 4.69) is 58.3 Å². The molecular formula is C20H28BN2P. The molecule has 2 nitrogen and oxygen atoms in total. The molecule has 2 saturated heterocycles. The van der Waals surface area contributed by atoms with Gasteiger partial charge < -0.3 is 9.80 Å². The maximum Gasteiger partial charge on any atom is 0.0814 e. The maximum absolute atomic E-state index is 2.50. The van der Waals surface area contributed by atoms with E-state index in [0.29, 0.717) is 0 Å². The second-order valence-electron chi connectivity index (χ2n) is 6.61. The van der Waals surface area contributed by atoms with Crippen molar-refractivity contribution < 1.29 is 0 Å². The monoisotopic (exact) mass is 338 g/mol. The molecule has 0 amide bonds. The molecular weight excluding hydrogens is 310 g/mol. The number of benzene rings is 2. The Kier molecular flexibility index (Phi) is 5.84. The Bertz CT molecular complexity index is 572. The van der Waals surface area contributed by atoms with Gasteiger partial charge in [0.15, 0.2) is 0 Å². The van der Waals surface area contributed by atoms with Crippen LogP contribution in [0.3, 0.4) is 0 Å². The van der Waals surface area contributed by atoms with E-state index in [-0.39, 0.29) is 8.41 Å². The van der Waals surface area contributed by atoms with Gasteiger partial charge in [-0.15, -0.1) is 0 Å². The number of rotatable bonds is 4. The molecule has 0 bridgehead atoms. The molecule has 0 spiro atoms. The van der Waals surface area contributed by atoms with Crippen molar-refractivity contribution >= 4 is 39.0 Å². The maximum atomic E-state index is 2.50. The van der Waals surface area contributed by atoms with Gasteiger partial charge in [0.2, 0.25) is 0 Å². The van der Waals surface area contributed by atoms with Crippen molar-refractivity contribution in [2.75, 3.05) is 36.0 Å². The Labute approximate surface area is 149 Å². The Morgan fingerprint density at radius 1 is 0.542 bits per heavy atom. The Morgan fingerprint density at radius 3 is 1.21 bits per heavy atom. The van der Waals surface area contributed by atoms with E-state index < -0.39 is 0 Å². The van der Waals surface area contributed by atoms with E-state index in [1.54, 1.807) is 0 Å². The standard InChI is InChI=1S/C20H25N2P.BH3/c1-2-14-21(13-1)17-5-9-19(10-6-17)23-20-11-7-18(8-12-20)22-15-3-4-16-22;/h5-12,23H,1-4,13-16H2;1H3. The van der Waals surface area contributed by atoms with Crippen LogP contribution in [0.15, 0.2) is 48.5 Å². The van der Waals surface area contributed by atoms with Crippen LogP contribution in [0.4, 0.5) is 11.4 Å². The molecule has 2 aromatic carbocycles. The predicted molar refractivity (Wildman–Crippen MR) is 113 cm³/mol. The lowest BCUT2D eigenvalue weighted by atomic mass is 10.3. The SMILES string of the molecule is B.c1cc(N2CCCC2)ccc1Pc1ccc(N2CCCC2)cc1. The first-order valence-corrected chi connectivity index (χ1v) is 9.85. The van der Waals surface area contributed by atoms with Gasteiger partial charge in [-0.05, 0) is 60.6 Å². The second kappa shape index (κ2) is 8.07. The van der Waals surface area contributed by atoms with Gasteiger partial charge in [0.25, 0.3) is 0 Å². The summed E-state index contributed by atoms with van der Waals surface area (Å²) in [5.74, 6) is 0. The van der Waals surface area contributed by atoms with E-state index in [0.717, 1.165) is 8.58 Å². The third-order valence-corrected chi connectivity index (χ3v) is 6.21. The van der Waals surface area contributed by atoms with Gasteiger partial charge in [0, 0.05) is 37.6 Å². The van der Waals surface area contributed by atoms with Crippen LogP contribution in [0.25, 0.3) is 0 Å². The molecule has 0 aliphatic carbocycles. The van der Waals surface area contributed by atoms with Crippen molar-refractivity contribution in [2.45, 2.75) is 25.7 Å². The molecule has 126 valence electrons. The van der Waals surface area contributed by atoms with Crippen LogP contribution in [0, 0.1) is 0 Å². The normalized spacial score (nSPS) is 17.2. The second-order valence-corrected chi connectivity index (χ2v) is 8.01. The van der Waals surface area contributed by atoms with Crippen molar-refractivity contribution in [3.8, 4) is 0 Å². The predicted octanol–water partition coefficient (Wildman–Crippen LogP) is 2.33. The van der Waals surface area contributed by atoms with Crippen LogP contribution >= 0.6 is 8.58 Å². The Morgan fingerprint density at radius 2 is 0.875 bits per heavy atom. The van der Waals surface area contributed by atoms with Gasteiger partial charge in [0.1, 0.15) is 0 Å². The number of hydrogen-bond donors (Lipinski definition) is 0. The molecule has 0 unspecified atom stereocenters. The molecule has 2 aliphatic heterocycles. The molecule has 0 atom stereocenters. The summed E-state index contributed by atoms with van der Waals surface area (Å²) >= 11 is 0. The highest BCUT2D eigenvalue weighted by molar-refractivity contribution is 7.55. The van der Waals surface area contributed by atoms with Crippen LogP contribution in [0.5, 0.6) is 0 Å². The molecule has 2 aromatic rings. The molecule has 2 fully saturated rings. The lowest BCUT2D eigenvalue weighted by molar-refractivity contribution is 0.949. The minimum absolute atomic E-state index is 0. The van der Waals surface area contributed by atoms with Crippen LogP contribution in [0.1, 0.15) is 25.7 Å². The molecule has 2 heterocycles. The van der Waals surface area contributed by atoms with E-state index in [4.69, 9.17) is 0 Å². The number of nitrogens with zero attached hydrogens (tertiary/aromatic N) is 2. The van der Waals surface area contributed by atoms with Crippen molar-refractivity contribution in [3.05, 3.63) is 48.5 Å². The highest BCUT2D eigenvalue weighted by Crippen LogP contribution is 2.22. The molecule has 4 heteroatoms. The quantitative estimate of drug-likeness (QED) is 0.624. The smallest absolute Gasteiger partial charge is 0.0814 e. The van der Waals surface area contributed by atoms with Crippen molar-refractivity contribution in [1.82, 2.24) is 0 Å². The van der Waals surface area contributed by atoms with Gasteiger partial charge in [-0.1, -0.05) is 32.8 Å². The van der Waals surface area contributed by atoms with Gasteiger partial charge in [-0.25, -0.2) is 0 Å². The molecule has 4 rings (SSSR count). The van der Waals surface area contributed by atoms with Crippen LogP contribution in [-0.4, -0.2) is 34.6 Å². The van der Waals surface area contributed by atoms with Crippen molar-refractivity contribution in [1.29, 1.82) is 0 Å². The first kappa shape index (κ1) is 17.4. The summed E-state index contributed by atoms with van der Waals surface area (Å²) in [5, 5.41) is 2.86. The first-order chi connectivity index (χ1) is 11.4. The fourth-order valence-electron chi connectivity index (χ4n) is 3.63. The highest BCUT2D eigenvalue weighted by Gasteiger charge is 2.13. The minimum atomic E-state index is 0. The third kappa shape index (κ3) is 3.95. The van der Waals surface area contributed by atoms with Gasteiger partial charge in [-0.3, -0.25) is 0 Å². The zero-order valence-corrected chi connectivity index (χ0v) is 14.7. The third-order valence-electron chi connectivity index (χ3n) is 4.97. The zero-order valence-electron chi connectivity index (χ0n) is 13.7.